The summed E-state index contributed by atoms with van der Waals surface area (Å²) < 4.78 is 0. The Balaban J connectivity index is 1.19. The minimum Gasteiger partial charge on any atom is -0.353 e. The van der Waals surface area contributed by atoms with Gasteiger partial charge in [0, 0.05) is 65.1 Å². The third-order valence-corrected chi connectivity index (χ3v) is 5.68. The van der Waals surface area contributed by atoms with E-state index in [0.29, 0.717) is 6.54 Å². The molecular weight excluding hydrogens is 350 g/mol. The number of benzene rings is 1. The first-order chi connectivity index (χ1) is 13.8. The van der Waals surface area contributed by atoms with E-state index in [1.165, 1.54) is 5.56 Å². The maximum atomic E-state index is 12.7. The van der Waals surface area contributed by atoms with E-state index in [9.17, 15) is 4.79 Å². The van der Waals surface area contributed by atoms with Crippen molar-refractivity contribution in [2.24, 2.45) is 0 Å². The Morgan fingerprint density at radius 2 is 1.46 bits per heavy atom. The van der Waals surface area contributed by atoms with Gasteiger partial charge in [0.15, 0.2) is 0 Å². The lowest BCUT2D eigenvalue weighted by Gasteiger charge is -2.38. The molecule has 6 heteroatoms. The number of hydrogen-bond donors (Lipinski definition) is 0. The highest BCUT2D eigenvalue weighted by molar-refractivity contribution is 5.78. The molecule has 2 aliphatic rings. The lowest BCUT2D eigenvalue weighted by atomic mass is 10.2. The van der Waals surface area contributed by atoms with E-state index in [4.69, 9.17) is 0 Å². The molecule has 148 valence electrons. The number of nitrogens with zero attached hydrogens (tertiary/aromatic N) is 5. The molecule has 1 aromatic heterocycles. The van der Waals surface area contributed by atoms with Gasteiger partial charge >= 0.3 is 0 Å². The fraction of sp³-hybridized carbons (Fsp3) is 0.455. The molecule has 28 heavy (non-hydrogen) atoms. The molecule has 6 nitrogen and oxygen atoms in total. The summed E-state index contributed by atoms with van der Waals surface area (Å²) in [6.45, 7) is 8.79. The normalized spacial score (nSPS) is 19.0. The van der Waals surface area contributed by atoms with Crippen LogP contribution in [0.1, 0.15) is 5.56 Å². The molecule has 2 aliphatic heterocycles. The molecule has 4 rings (SSSR count). The van der Waals surface area contributed by atoms with Crippen LogP contribution in [0.15, 0.2) is 54.7 Å². The van der Waals surface area contributed by atoms with Crippen molar-refractivity contribution in [3.63, 3.8) is 0 Å². The standard InChI is InChI=1S/C22H29N5O/c28-22(27-16-14-26(15-17-27)21-8-4-5-9-23-21)19-25-12-10-24(11-13-25)18-20-6-2-1-3-7-20/h1-9H,10-19H2. The summed E-state index contributed by atoms with van der Waals surface area (Å²) in [5.74, 6) is 1.27. The van der Waals surface area contributed by atoms with Crippen LogP contribution in [0.2, 0.25) is 0 Å². The maximum absolute atomic E-state index is 12.7. The van der Waals surface area contributed by atoms with Crippen LogP contribution in [0.25, 0.3) is 0 Å². The summed E-state index contributed by atoms with van der Waals surface area (Å²) in [5, 5.41) is 0. The molecule has 0 atom stereocenters. The molecule has 2 aromatic rings. The van der Waals surface area contributed by atoms with Crippen LogP contribution in [0, 0.1) is 0 Å². The van der Waals surface area contributed by atoms with Crippen molar-refractivity contribution in [1.29, 1.82) is 0 Å². The minimum absolute atomic E-state index is 0.261. The lowest BCUT2D eigenvalue weighted by molar-refractivity contribution is -0.133. The number of rotatable bonds is 5. The van der Waals surface area contributed by atoms with E-state index < -0.39 is 0 Å². The van der Waals surface area contributed by atoms with Gasteiger partial charge in [0.25, 0.3) is 0 Å². The zero-order valence-corrected chi connectivity index (χ0v) is 16.4. The molecule has 2 fully saturated rings. The van der Waals surface area contributed by atoms with Crippen LogP contribution >= 0.6 is 0 Å². The predicted molar refractivity (Wildman–Crippen MR) is 111 cm³/mol. The van der Waals surface area contributed by atoms with Crippen LogP contribution in [0.4, 0.5) is 5.82 Å². The van der Waals surface area contributed by atoms with Gasteiger partial charge in [0.05, 0.1) is 6.54 Å². The van der Waals surface area contributed by atoms with E-state index in [1.54, 1.807) is 0 Å². The Labute approximate surface area is 167 Å². The van der Waals surface area contributed by atoms with Gasteiger partial charge < -0.3 is 9.80 Å². The van der Waals surface area contributed by atoms with Gasteiger partial charge in [-0.15, -0.1) is 0 Å². The Hall–Kier alpha value is -2.44. The van der Waals surface area contributed by atoms with Crippen molar-refractivity contribution >= 4 is 11.7 Å². The number of piperazine rings is 2. The number of anilines is 1. The first-order valence-electron chi connectivity index (χ1n) is 10.2. The van der Waals surface area contributed by atoms with E-state index in [1.807, 2.05) is 29.3 Å². The van der Waals surface area contributed by atoms with Crippen LogP contribution < -0.4 is 4.90 Å². The number of aromatic nitrogens is 1. The summed E-state index contributed by atoms with van der Waals surface area (Å²) in [7, 11) is 0. The zero-order valence-electron chi connectivity index (χ0n) is 16.4. The van der Waals surface area contributed by atoms with Crippen molar-refractivity contribution < 1.29 is 4.79 Å². The van der Waals surface area contributed by atoms with Gasteiger partial charge in [0.2, 0.25) is 5.91 Å². The van der Waals surface area contributed by atoms with Crippen LogP contribution in [0.5, 0.6) is 0 Å². The third kappa shape index (κ3) is 4.88. The zero-order chi connectivity index (χ0) is 19.2. The third-order valence-electron chi connectivity index (χ3n) is 5.68. The number of carbonyl (C=O) groups is 1. The minimum atomic E-state index is 0.261. The van der Waals surface area contributed by atoms with Crippen LogP contribution in [-0.4, -0.2) is 84.5 Å². The van der Waals surface area contributed by atoms with Crippen molar-refractivity contribution in [3.05, 3.63) is 60.3 Å². The van der Waals surface area contributed by atoms with Gasteiger partial charge in [-0.05, 0) is 17.7 Å². The Kier molecular flexibility index (Phi) is 6.19. The van der Waals surface area contributed by atoms with Crippen LogP contribution in [0.3, 0.4) is 0 Å². The monoisotopic (exact) mass is 379 g/mol. The second-order valence-electron chi connectivity index (χ2n) is 7.59. The second-order valence-corrected chi connectivity index (χ2v) is 7.59. The Bertz CT molecular complexity index is 738. The fourth-order valence-electron chi connectivity index (χ4n) is 3.96. The summed E-state index contributed by atoms with van der Waals surface area (Å²) >= 11 is 0. The van der Waals surface area contributed by atoms with E-state index in [2.05, 4.69) is 50.0 Å². The SMILES string of the molecule is O=C(CN1CCN(Cc2ccccc2)CC1)N1CCN(c2ccccn2)CC1. The first kappa shape index (κ1) is 18.9. The average Bonchev–Trinajstić information content (AvgIpc) is 2.76. The molecule has 1 amide bonds. The van der Waals surface area contributed by atoms with Gasteiger partial charge in [-0.1, -0.05) is 36.4 Å². The fourth-order valence-corrected chi connectivity index (χ4v) is 3.96. The largest absolute Gasteiger partial charge is 0.353 e. The lowest BCUT2D eigenvalue weighted by Crippen LogP contribution is -2.53. The Morgan fingerprint density at radius 1 is 0.786 bits per heavy atom. The molecule has 0 spiro atoms. The summed E-state index contributed by atoms with van der Waals surface area (Å²) in [5.41, 5.74) is 1.36. The molecule has 2 saturated heterocycles. The molecule has 3 heterocycles. The van der Waals surface area contributed by atoms with Crippen molar-refractivity contribution in [2.75, 3.05) is 63.8 Å². The van der Waals surface area contributed by atoms with Crippen LogP contribution in [-0.2, 0) is 11.3 Å². The number of hydrogen-bond acceptors (Lipinski definition) is 5. The van der Waals surface area contributed by atoms with Gasteiger partial charge in [-0.2, -0.15) is 0 Å². The summed E-state index contributed by atoms with van der Waals surface area (Å²) in [6, 6.07) is 16.6. The van der Waals surface area contributed by atoms with Crippen molar-refractivity contribution in [1.82, 2.24) is 19.7 Å². The molecule has 1 aromatic carbocycles. The average molecular weight is 380 g/mol. The van der Waals surface area contributed by atoms with Gasteiger partial charge in [0.1, 0.15) is 5.82 Å². The highest BCUT2D eigenvalue weighted by Crippen LogP contribution is 2.13. The number of pyridine rings is 1. The van der Waals surface area contributed by atoms with E-state index in [-0.39, 0.29) is 5.91 Å². The molecule has 0 radical (unpaired) electrons. The molecule has 0 aliphatic carbocycles. The van der Waals surface area contributed by atoms with Gasteiger partial charge in [-0.3, -0.25) is 14.6 Å². The number of carbonyl (C=O) groups excluding carboxylic acids is 1. The molecule has 0 bridgehead atoms. The molecule has 0 unspecified atom stereocenters. The van der Waals surface area contributed by atoms with Gasteiger partial charge in [-0.25, -0.2) is 4.98 Å². The highest BCUT2D eigenvalue weighted by atomic mass is 16.2. The maximum Gasteiger partial charge on any atom is 0.236 e. The predicted octanol–water partition coefficient (Wildman–Crippen LogP) is 1.55. The molecule has 0 saturated carbocycles. The Morgan fingerprint density at radius 3 is 2.14 bits per heavy atom. The smallest absolute Gasteiger partial charge is 0.236 e. The highest BCUT2D eigenvalue weighted by Gasteiger charge is 2.25. The van der Waals surface area contributed by atoms with Crippen molar-refractivity contribution in [3.8, 4) is 0 Å². The van der Waals surface area contributed by atoms with Crippen molar-refractivity contribution in [2.45, 2.75) is 6.54 Å². The molecular formula is C22H29N5O. The molecule has 0 N–H and O–H groups in total. The first-order valence-corrected chi connectivity index (χ1v) is 10.2. The van der Waals surface area contributed by atoms with E-state index >= 15 is 0 Å². The summed E-state index contributed by atoms with van der Waals surface area (Å²) in [6.07, 6.45) is 1.82. The van der Waals surface area contributed by atoms with E-state index in [0.717, 1.165) is 64.7 Å². The quantitative estimate of drug-likeness (QED) is 0.789. The summed E-state index contributed by atoms with van der Waals surface area (Å²) in [4.78, 5) is 26.2. The second kappa shape index (κ2) is 9.17. The number of amides is 1. The topological polar surface area (TPSA) is 42.9 Å².